The fraction of sp³-hybridized carbons (Fsp3) is 0.306. The molecule has 4 aromatic rings. The highest BCUT2D eigenvalue weighted by Crippen LogP contribution is 2.36. The molecule has 0 aliphatic carbocycles. The molecule has 0 atom stereocenters. The lowest BCUT2D eigenvalue weighted by molar-refractivity contribution is 0.151. The van der Waals surface area contributed by atoms with Crippen LogP contribution in [-0.2, 0) is 10.8 Å². The standard InChI is InChI=1S/C36H40O3/c1-23-11-10-12-28(19-23)35(6,7)30-15-17-32(26(4)21-30)38-34(37)39-33-18-16-31(22-27(33)5)36(8,9)29-14-13-24(2)25(3)20-29/h10-22H,1-9H3. The van der Waals surface area contributed by atoms with E-state index in [1.54, 1.807) is 0 Å². The number of carbonyl (C=O) groups is 1. The van der Waals surface area contributed by atoms with Crippen molar-refractivity contribution in [3.63, 3.8) is 0 Å². The SMILES string of the molecule is Cc1cccc(C(C)(C)c2ccc(OC(=O)Oc3ccc(C(C)(C)c4ccc(C)c(C)c4)cc3C)c(C)c2)c1. The number of hydrogen-bond acceptors (Lipinski definition) is 3. The molecule has 0 amide bonds. The molecule has 4 aromatic carbocycles. The maximum absolute atomic E-state index is 12.8. The van der Waals surface area contributed by atoms with Crippen LogP contribution in [0.4, 0.5) is 4.79 Å². The van der Waals surface area contributed by atoms with Crippen molar-refractivity contribution in [2.24, 2.45) is 0 Å². The minimum Gasteiger partial charge on any atom is -0.394 e. The molecular weight excluding hydrogens is 480 g/mol. The maximum atomic E-state index is 12.8. The third kappa shape index (κ3) is 5.93. The van der Waals surface area contributed by atoms with Gasteiger partial charge in [0.05, 0.1) is 0 Å². The lowest BCUT2D eigenvalue weighted by Gasteiger charge is -2.27. The molecule has 3 heteroatoms. The molecule has 0 N–H and O–H groups in total. The van der Waals surface area contributed by atoms with Crippen molar-refractivity contribution in [2.45, 2.75) is 73.1 Å². The van der Waals surface area contributed by atoms with Crippen molar-refractivity contribution in [3.05, 3.63) is 129 Å². The molecule has 0 aliphatic heterocycles. The van der Waals surface area contributed by atoms with E-state index in [2.05, 4.69) is 103 Å². The van der Waals surface area contributed by atoms with Gasteiger partial charge in [-0.05, 0) is 91.3 Å². The van der Waals surface area contributed by atoms with E-state index in [1.165, 1.54) is 27.8 Å². The first-order chi connectivity index (χ1) is 18.3. The predicted molar refractivity (Wildman–Crippen MR) is 160 cm³/mol. The van der Waals surface area contributed by atoms with Gasteiger partial charge in [0, 0.05) is 10.8 Å². The van der Waals surface area contributed by atoms with Gasteiger partial charge in [0.25, 0.3) is 0 Å². The van der Waals surface area contributed by atoms with Gasteiger partial charge in [0.1, 0.15) is 11.5 Å². The van der Waals surface area contributed by atoms with Crippen molar-refractivity contribution < 1.29 is 14.3 Å². The highest BCUT2D eigenvalue weighted by molar-refractivity contribution is 5.68. The summed E-state index contributed by atoms with van der Waals surface area (Å²) in [6.45, 7) is 19.1. The van der Waals surface area contributed by atoms with Gasteiger partial charge < -0.3 is 9.47 Å². The summed E-state index contributed by atoms with van der Waals surface area (Å²) in [6, 6.07) is 27.1. The van der Waals surface area contributed by atoms with Gasteiger partial charge in [-0.25, -0.2) is 4.79 Å². The van der Waals surface area contributed by atoms with Gasteiger partial charge in [0.15, 0.2) is 0 Å². The van der Waals surface area contributed by atoms with E-state index in [4.69, 9.17) is 9.47 Å². The summed E-state index contributed by atoms with van der Waals surface area (Å²) in [4.78, 5) is 12.8. The molecule has 39 heavy (non-hydrogen) atoms. The van der Waals surface area contributed by atoms with Gasteiger partial charge in [-0.3, -0.25) is 0 Å². The topological polar surface area (TPSA) is 35.5 Å². The Bertz CT molecular complexity index is 1520. The van der Waals surface area contributed by atoms with Crippen LogP contribution in [-0.4, -0.2) is 6.16 Å². The quantitative estimate of drug-likeness (QED) is 0.188. The third-order valence-corrected chi connectivity index (χ3v) is 8.15. The summed E-state index contributed by atoms with van der Waals surface area (Å²) in [5.74, 6) is 0.989. The first-order valence-electron chi connectivity index (χ1n) is 13.6. The predicted octanol–water partition coefficient (Wildman–Crippen LogP) is 9.46. The maximum Gasteiger partial charge on any atom is 0.519 e. The lowest BCUT2D eigenvalue weighted by Crippen LogP contribution is -2.20. The second-order valence-corrected chi connectivity index (χ2v) is 11.8. The normalized spacial score (nSPS) is 11.8. The molecule has 0 spiro atoms. The summed E-state index contributed by atoms with van der Waals surface area (Å²) in [7, 11) is 0. The molecule has 0 aromatic heterocycles. The highest BCUT2D eigenvalue weighted by Gasteiger charge is 2.26. The molecule has 3 nitrogen and oxygen atoms in total. The van der Waals surface area contributed by atoms with E-state index in [0.29, 0.717) is 11.5 Å². The Balaban J connectivity index is 1.48. The van der Waals surface area contributed by atoms with Gasteiger partial charge in [-0.1, -0.05) is 100.0 Å². The van der Waals surface area contributed by atoms with E-state index in [1.807, 2.05) is 38.1 Å². The molecule has 202 valence electrons. The Morgan fingerprint density at radius 3 is 1.38 bits per heavy atom. The van der Waals surface area contributed by atoms with Crippen molar-refractivity contribution in [1.82, 2.24) is 0 Å². The van der Waals surface area contributed by atoms with Gasteiger partial charge in [-0.2, -0.15) is 0 Å². The van der Waals surface area contributed by atoms with E-state index in [0.717, 1.165) is 22.3 Å². The molecule has 0 bridgehead atoms. The number of hydrogen-bond donors (Lipinski definition) is 0. The molecule has 0 aliphatic rings. The van der Waals surface area contributed by atoms with Crippen LogP contribution in [0.3, 0.4) is 0 Å². The van der Waals surface area contributed by atoms with Gasteiger partial charge >= 0.3 is 6.16 Å². The zero-order valence-electron chi connectivity index (χ0n) is 24.7. The molecule has 0 radical (unpaired) electrons. The van der Waals surface area contributed by atoms with Crippen LogP contribution in [0.25, 0.3) is 0 Å². The van der Waals surface area contributed by atoms with Crippen LogP contribution >= 0.6 is 0 Å². The average Bonchev–Trinajstić information content (AvgIpc) is 2.88. The van der Waals surface area contributed by atoms with Crippen LogP contribution in [0.1, 0.15) is 77.8 Å². The number of benzene rings is 4. The van der Waals surface area contributed by atoms with E-state index in [9.17, 15) is 4.79 Å². The van der Waals surface area contributed by atoms with E-state index < -0.39 is 6.16 Å². The first kappa shape index (κ1) is 28.2. The van der Waals surface area contributed by atoms with E-state index in [-0.39, 0.29) is 10.8 Å². The minimum absolute atomic E-state index is 0.181. The Morgan fingerprint density at radius 2 is 0.949 bits per heavy atom. The monoisotopic (exact) mass is 520 g/mol. The molecule has 4 rings (SSSR count). The van der Waals surface area contributed by atoms with Crippen LogP contribution in [0, 0.1) is 34.6 Å². The Hall–Kier alpha value is -3.85. The summed E-state index contributed by atoms with van der Waals surface area (Å²) < 4.78 is 11.3. The van der Waals surface area contributed by atoms with Crippen LogP contribution in [0.5, 0.6) is 11.5 Å². The summed E-state index contributed by atoms with van der Waals surface area (Å²) in [6.07, 6.45) is -0.743. The zero-order valence-corrected chi connectivity index (χ0v) is 24.7. The lowest BCUT2D eigenvalue weighted by atomic mass is 9.77. The summed E-state index contributed by atoms with van der Waals surface area (Å²) in [5.41, 5.74) is 10.0. The fourth-order valence-corrected chi connectivity index (χ4v) is 5.00. The largest absolute Gasteiger partial charge is 0.519 e. The molecule has 0 saturated carbocycles. The smallest absolute Gasteiger partial charge is 0.394 e. The van der Waals surface area contributed by atoms with E-state index >= 15 is 0 Å². The number of aryl methyl sites for hydroxylation is 5. The molecule has 0 heterocycles. The Morgan fingerprint density at radius 1 is 0.513 bits per heavy atom. The Labute approximate surface area is 233 Å². The highest BCUT2D eigenvalue weighted by atomic mass is 16.7. The van der Waals surface area contributed by atoms with Gasteiger partial charge in [-0.15, -0.1) is 0 Å². The number of ether oxygens (including phenoxy) is 2. The molecule has 0 unspecified atom stereocenters. The molecular formula is C36H40O3. The third-order valence-electron chi connectivity index (χ3n) is 8.15. The van der Waals surface area contributed by atoms with Crippen molar-refractivity contribution in [1.29, 1.82) is 0 Å². The number of rotatable bonds is 6. The molecule has 0 saturated heterocycles. The van der Waals surface area contributed by atoms with Crippen molar-refractivity contribution in [3.8, 4) is 11.5 Å². The van der Waals surface area contributed by atoms with Crippen molar-refractivity contribution >= 4 is 6.16 Å². The second kappa shape index (κ2) is 10.7. The molecule has 0 fully saturated rings. The summed E-state index contributed by atoms with van der Waals surface area (Å²) >= 11 is 0. The minimum atomic E-state index is -0.743. The van der Waals surface area contributed by atoms with Crippen molar-refractivity contribution in [2.75, 3.05) is 0 Å². The van der Waals surface area contributed by atoms with Crippen LogP contribution in [0.15, 0.2) is 78.9 Å². The number of carbonyl (C=O) groups excluding carboxylic acids is 1. The average molecular weight is 521 g/mol. The zero-order chi connectivity index (χ0) is 28.5. The van der Waals surface area contributed by atoms with Crippen LogP contribution in [0.2, 0.25) is 0 Å². The Kier molecular flexibility index (Phi) is 7.75. The summed E-state index contributed by atoms with van der Waals surface area (Å²) in [5, 5.41) is 0. The second-order valence-electron chi connectivity index (χ2n) is 11.8. The first-order valence-corrected chi connectivity index (χ1v) is 13.6. The van der Waals surface area contributed by atoms with Gasteiger partial charge in [0.2, 0.25) is 0 Å². The fourth-order valence-electron chi connectivity index (χ4n) is 5.00. The van der Waals surface area contributed by atoms with Crippen LogP contribution < -0.4 is 9.47 Å².